The molecule has 0 bridgehead atoms. The highest BCUT2D eigenvalue weighted by molar-refractivity contribution is 6.10. The van der Waals surface area contributed by atoms with Crippen LogP contribution < -0.4 is 4.90 Å². The summed E-state index contributed by atoms with van der Waals surface area (Å²) in [6, 6.07) is 3.82. The number of hydrogen-bond donors (Lipinski definition) is 0. The lowest BCUT2D eigenvalue weighted by Crippen LogP contribution is -2.48. The van der Waals surface area contributed by atoms with Crippen LogP contribution >= 0.6 is 0 Å². The highest BCUT2D eigenvalue weighted by Crippen LogP contribution is 2.34. The maximum absolute atomic E-state index is 13.3. The summed E-state index contributed by atoms with van der Waals surface area (Å²) in [5.74, 6) is -0.620. The summed E-state index contributed by atoms with van der Waals surface area (Å²) in [7, 11) is 0. The van der Waals surface area contributed by atoms with Crippen LogP contribution in [-0.2, 0) is 4.79 Å². The van der Waals surface area contributed by atoms with Gasteiger partial charge in [-0.3, -0.25) is 9.59 Å². The number of halogens is 1. The smallest absolute Gasteiger partial charge is 0.232 e. The third kappa shape index (κ3) is 2.39. The van der Waals surface area contributed by atoms with Crippen molar-refractivity contribution in [2.75, 3.05) is 4.90 Å². The van der Waals surface area contributed by atoms with Crippen molar-refractivity contribution < 1.29 is 14.0 Å². The molecule has 1 heterocycles. The van der Waals surface area contributed by atoms with Crippen molar-refractivity contribution in [3.63, 3.8) is 0 Å². The zero-order valence-corrected chi connectivity index (χ0v) is 11.7. The van der Waals surface area contributed by atoms with Gasteiger partial charge in [-0.1, -0.05) is 20.8 Å². The van der Waals surface area contributed by atoms with Gasteiger partial charge in [-0.2, -0.15) is 0 Å². The summed E-state index contributed by atoms with van der Waals surface area (Å²) in [6.07, 6.45) is 0.234. The van der Waals surface area contributed by atoms with Gasteiger partial charge in [0, 0.05) is 23.4 Å². The largest absolute Gasteiger partial charge is 0.308 e. The van der Waals surface area contributed by atoms with Gasteiger partial charge in [0.15, 0.2) is 5.78 Å². The number of hydrogen-bond acceptors (Lipinski definition) is 2. The molecule has 1 aliphatic rings. The summed E-state index contributed by atoms with van der Waals surface area (Å²) in [6.45, 7) is 7.35. The zero-order valence-electron chi connectivity index (χ0n) is 11.7. The van der Waals surface area contributed by atoms with E-state index in [0.717, 1.165) is 0 Å². The maximum Gasteiger partial charge on any atom is 0.232 e. The third-order valence-corrected chi connectivity index (χ3v) is 3.30. The molecule has 1 aromatic carbocycles. The Kier molecular flexibility index (Phi) is 3.20. The predicted octanol–water partition coefficient (Wildman–Crippen LogP) is 3.18. The lowest BCUT2D eigenvalue weighted by molar-refractivity contribution is -0.126. The molecule has 0 saturated heterocycles. The Morgan fingerprint density at radius 2 is 2.00 bits per heavy atom. The fraction of sp³-hybridized carbons (Fsp3) is 0.467. The lowest BCUT2D eigenvalue weighted by Gasteiger charge is -2.38. The molecule has 1 unspecified atom stereocenters. The molecule has 1 aliphatic heterocycles. The molecule has 0 saturated carbocycles. The van der Waals surface area contributed by atoms with E-state index in [0.29, 0.717) is 11.3 Å². The van der Waals surface area contributed by atoms with Gasteiger partial charge in [0.25, 0.3) is 0 Å². The second-order valence-corrected chi connectivity index (χ2v) is 6.06. The van der Waals surface area contributed by atoms with Crippen LogP contribution in [0.25, 0.3) is 0 Å². The van der Waals surface area contributed by atoms with E-state index in [1.54, 1.807) is 4.90 Å². The molecular weight excluding hydrogens is 245 g/mol. The molecule has 0 radical (unpaired) electrons. The highest BCUT2D eigenvalue weighted by atomic mass is 19.1. The van der Waals surface area contributed by atoms with Crippen LogP contribution in [0.15, 0.2) is 18.2 Å². The van der Waals surface area contributed by atoms with Crippen LogP contribution in [0.5, 0.6) is 0 Å². The molecule has 0 aromatic heterocycles. The summed E-state index contributed by atoms with van der Waals surface area (Å²) >= 11 is 0. The van der Waals surface area contributed by atoms with E-state index < -0.39 is 11.2 Å². The van der Waals surface area contributed by atoms with Gasteiger partial charge in [-0.15, -0.1) is 0 Å². The van der Waals surface area contributed by atoms with Crippen molar-refractivity contribution in [1.82, 2.24) is 0 Å². The van der Waals surface area contributed by atoms with Crippen molar-refractivity contribution >= 4 is 17.4 Å². The first-order valence-corrected chi connectivity index (χ1v) is 6.38. The van der Waals surface area contributed by atoms with Crippen LogP contribution in [0.1, 0.15) is 44.5 Å². The topological polar surface area (TPSA) is 37.4 Å². The second-order valence-electron chi connectivity index (χ2n) is 6.06. The van der Waals surface area contributed by atoms with Crippen LogP contribution in [0.2, 0.25) is 0 Å². The highest BCUT2D eigenvalue weighted by Gasteiger charge is 2.37. The molecule has 0 spiro atoms. The number of benzene rings is 1. The van der Waals surface area contributed by atoms with Gasteiger partial charge >= 0.3 is 0 Å². The number of anilines is 1. The SMILES string of the molecule is CC1CC(=O)c2cc(F)ccc2N1C(=O)C(C)(C)C. The van der Waals surface area contributed by atoms with Gasteiger partial charge in [-0.25, -0.2) is 4.39 Å². The van der Waals surface area contributed by atoms with Crippen LogP contribution in [0.3, 0.4) is 0 Å². The Hall–Kier alpha value is -1.71. The van der Waals surface area contributed by atoms with Crippen molar-refractivity contribution in [3.8, 4) is 0 Å². The van der Waals surface area contributed by atoms with Crippen LogP contribution in [0, 0.1) is 11.2 Å². The minimum absolute atomic E-state index is 0.0552. The number of carbonyl (C=O) groups excluding carboxylic acids is 2. The standard InChI is InChI=1S/C15H18FNO2/c1-9-7-13(18)11-8-10(16)5-6-12(11)17(9)14(19)15(2,3)4/h5-6,8-9H,7H2,1-4H3. The van der Waals surface area contributed by atoms with Gasteiger partial charge in [0.05, 0.1) is 5.69 Å². The number of ketones is 1. The second kappa shape index (κ2) is 4.44. The van der Waals surface area contributed by atoms with E-state index >= 15 is 0 Å². The first-order chi connectivity index (χ1) is 8.71. The molecule has 2 rings (SSSR count). The Morgan fingerprint density at radius 1 is 1.37 bits per heavy atom. The predicted molar refractivity (Wildman–Crippen MR) is 71.8 cm³/mol. The molecule has 19 heavy (non-hydrogen) atoms. The van der Waals surface area contributed by atoms with Crippen molar-refractivity contribution in [3.05, 3.63) is 29.6 Å². The summed E-state index contributed by atoms with van der Waals surface area (Å²) in [5, 5.41) is 0. The normalized spacial score (nSPS) is 19.3. The van der Waals surface area contributed by atoms with Gasteiger partial charge in [-0.05, 0) is 25.1 Å². The number of Topliss-reactive ketones (excluding diaryl/α,β-unsaturated/α-hetero) is 1. The number of rotatable bonds is 0. The first kappa shape index (κ1) is 13.7. The fourth-order valence-corrected chi connectivity index (χ4v) is 2.32. The Bertz CT molecular complexity index is 546. The summed E-state index contributed by atoms with van der Waals surface area (Å²) in [5.41, 5.74) is 0.279. The van der Waals surface area contributed by atoms with Crippen molar-refractivity contribution in [2.45, 2.75) is 40.2 Å². The first-order valence-electron chi connectivity index (χ1n) is 6.38. The summed E-state index contributed by atoms with van der Waals surface area (Å²) in [4.78, 5) is 26.1. The molecule has 102 valence electrons. The maximum atomic E-state index is 13.3. The minimum Gasteiger partial charge on any atom is -0.308 e. The number of carbonyl (C=O) groups is 2. The van der Waals surface area contributed by atoms with Gasteiger partial charge < -0.3 is 4.90 Å². The van der Waals surface area contributed by atoms with E-state index in [1.165, 1.54) is 18.2 Å². The molecule has 0 fully saturated rings. The Labute approximate surface area is 112 Å². The quantitative estimate of drug-likeness (QED) is 0.721. The average Bonchev–Trinajstić information content (AvgIpc) is 2.28. The van der Waals surface area contributed by atoms with Crippen molar-refractivity contribution in [2.24, 2.45) is 5.41 Å². The van der Waals surface area contributed by atoms with E-state index in [9.17, 15) is 14.0 Å². The van der Waals surface area contributed by atoms with E-state index in [2.05, 4.69) is 0 Å². The lowest BCUT2D eigenvalue weighted by atomic mass is 9.89. The fourth-order valence-electron chi connectivity index (χ4n) is 2.32. The summed E-state index contributed by atoms with van der Waals surface area (Å²) < 4.78 is 13.3. The Balaban J connectivity index is 2.55. The van der Waals surface area contributed by atoms with E-state index in [1.807, 2.05) is 27.7 Å². The van der Waals surface area contributed by atoms with E-state index in [-0.39, 0.29) is 24.2 Å². The molecule has 4 heteroatoms. The zero-order chi connectivity index (χ0) is 14.4. The molecule has 0 N–H and O–H groups in total. The Morgan fingerprint density at radius 3 is 2.58 bits per heavy atom. The number of fused-ring (bicyclic) bond motifs is 1. The third-order valence-electron chi connectivity index (χ3n) is 3.30. The molecule has 1 aromatic rings. The molecule has 3 nitrogen and oxygen atoms in total. The number of nitrogens with zero attached hydrogens (tertiary/aromatic N) is 1. The molecule has 1 amide bonds. The van der Waals surface area contributed by atoms with Gasteiger partial charge in [0.2, 0.25) is 5.91 Å². The molecular formula is C15H18FNO2. The van der Waals surface area contributed by atoms with Crippen LogP contribution in [0.4, 0.5) is 10.1 Å². The van der Waals surface area contributed by atoms with Crippen molar-refractivity contribution in [1.29, 1.82) is 0 Å². The molecule has 1 atom stereocenters. The van der Waals surface area contributed by atoms with Gasteiger partial charge in [0.1, 0.15) is 5.82 Å². The average molecular weight is 263 g/mol. The number of amides is 1. The minimum atomic E-state index is -0.541. The monoisotopic (exact) mass is 263 g/mol. The van der Waals surface area contributed by atoms with E-state index in [4.69, 9.17) is 0 Å². The van der Waals surface area contributed by atoms with Crippen LogP contribution in [-0.4, -0.2) is 17.7 Å². The molecule has 0 aliphatic carbocycles.